The maximum absolute atomic E-state index is 11.6. The molecule has 0 saturated heterocycles. The Morgan fingerprint density at radius 3 is 2.71 bits per heavy atom. The summed E-state index contributed by atoms with van der Waals surface area (Å²) in [7, 11) is 0. The Morgan fingerprint density at radius 1 is 1.47 bits per heavy atom. The van der Waals surface area contributed by atoms with E-state index in [1.807, 2.05) is 18.2 Å². The fraction of sp³-hybridized carbons (Fsp3) is 0.385. The van der Waals surface area contributed by atoms with Gasteiger partial charge in [-0.05, 0) is 25.5 Å². The van der Waals surface area contributed by atoms with Gasteiger partial charge < -0.3 is 5.32 Å². The number of nitriles is 1. The van der Waals surface area contributed by atoms with Gasteiger partial charge in [0.2, 0.25) is 5.91 Å². The van der Waals surface area contributed by atoms with Crippen LogP contribution in [0.15, 0.2) is 24.3 Å². The summed E-state index contributed by atoms with van der Waals surface area (Å²) in [6.07, 6.45) is 0.237. The van der Waals surface area contributed by atoms with E-state index in [0.717, 1.165) is 5.56 Å². The topological polar surface area (TPSA) is 52.9 Å². The molecular weight excluding hydrogens is 236 g/mol. The average molecular weight is 251 g/mol. The predicted octanol–water partition coefficient (Wildman–Crippen LogP) is 2.55. The van der Waals surface area contributed by atoms with E-state index in [-0.39, 0.29) is 12.3 Å². The van der Waals surface area contributed by atoms with Crippen LogP contribution < -0.4 is 5.32 Å². The van der Waals surface area contributed by atoms with Crippen LogP contribution in [0.5, 0.6) is 0 Å². The van der Waals surface area contributed by atoms with E-state index in [1.54, 1.807) is 19.9 Å². The molecule has 0 heterocycles. The second kappa shape index (κ2) is 5.70. The molecule has 1 amide bonds. The summed E-state index contributed by atoms with van der Waals surface area (Å²) in [5.41, 5.74) is 0.247. The zero-order valence-electron chi connectivity index (χ0n) is 9.96. The molecule has 0 aliphatic carbocycles. The first-order valence-electron chi connectivity index (χ1n) is 5.36. The predicted molar refractivity (Wildman–Crippen MR) is 67.6 cm³/mol. The van der Waals surface area contributed by atoms with Crippen molar-refractivity contribution >= 4 is 17.5 Å². The van der Waals surface area contributed by atoms with Crippen LogP contribution >= 0.6 is 11.6 Å². The third-order valence-electron chi connectivity index (χ3n) is 2.34. The summed E-state index contributed by atoms with van der Waals surface area (Å²) in [4.78, 5) is 11.6. The zero-order chi connectivity index (χ0) is 12.9. The minimum Gasteiger partial charge on any atom is -0.354 e. The van der Waals surface area contributed by atoms with Crippen LogP contribution in [0.3, 0.4) is 0 Å². The largest absolute Gasteiger partial charge is 0.354 e. The average Bonchev–Trinajstić information content (AvgIpc) is 2.30. The molecule has 3 nitrogen and oxygen atoms in total. The summed E-state index contributed by atoms with van der Waals surface area (Å²) in [5, 5.41) is 12.1. The maximum atomic E-state index is 11.6. The summed E-state index contributed by atoms with van der Waals surface area (Å²) < 4.78 is 0. The highest BCUT2D eigenvalue weighted by Gasteiger charge is 2.17. The van der Waals surface area contributed by atoms with Crippen LogP contribution in [-0.2, 0) is 11.2 Å². The van der Waals surface area contributed by atoms with E-state index in [0.29, 0.717) is 11.6 Å². The minimum absolute atomic E-state index is 0.124. The molecule has 0 atom stereocenters. The molecule has 0 aliphatic rings. The third kappa shape index (κ3) is 4.46. The van der Waals surface area contributed by atoms with Crippen LogP contribution in [0.2, 0.25) is 5.02 Å². The Kier molecular flexibility index (Phi) is 4.53. The van der Waals surface area contributed by atoms with Crippen molar-refractivity contribution in [2.24, 2.45) is 5.41 Å². The number of amides is 1. The second-order valence-corrected chi connectivity index (χ2v) is 4.95. The van der Waals surface area contributed by atoms with Crippen molar-refractivity contribution in [1.29, 1.82) is 5.26 Å². The highest BCUT2D eigenvalue weighted by molar-refractivity contribution is 6.31. The molecule has 0 bridgehead atoms. The Labute approximate surface area is 106 Å². The van der Waals surface area contributed by atoms with Crippen LogP contribution in [0, 0.1) is 16.7 Å². The molecule has 0 unspecified atom stereocenters. The SMILES string of the molecule is CC(C)(C#N)CNC(=O)Cc1ccccc1Cl. The van der Waals surface area contributed by atoms with Crippen molar-refractivity contribution in [3.8, 4) is 6.07 Å². The van der Waals surface area contributed by atoms with E-state index in [4.69, 9.17) is 16.9 Å². The minimum atomic E-state index is -0.545. The van der Waals surface area contributed by atoms with Gasteiger partial charge in [-0.25, -0.2) is 0 Å². The van der Waals surface area contributed by atoms with E-state index < -0.39 is 5.41 Å². The third-order valence-corrected chi connectivity index (χ3v) is 2.71. The standard InChI is InChI=1S/C13H15ClN2O/c1-13(2,8-15)9-16-12(17)7-10-5-3-4-6-11(10)14/h3-6H,7,9H2,1-2H3,(H,16,17). The van der Waals surface area contributed by atoms with Crippen molar-refractivity contribution in [3.63, 3.8) is 0 Å². The number of hydrogen-bond acceptors (Lipinski definition) is 2. The molecule has 0 radical (unpaired) electrons. The van der Waals surface area contributed by atoms with Gasteiger partial charge >= 0.3 is 0 Å². The van der Waals surface area contributed by atoms with E-state index >= 15 is 0 Å². The molecule has 17 heavy (non-hydrogen) atoms. The number of nitrogens with one attached hydrogen (secondary N) is 1. The van der Waals surface area contributed by atoms with Crippen molar-refractivity contribution in [2.75, 3.05) is 6.54 Å². The smallest absolute Gasteiger partial charge is 0.224 e. The lowest BCUT2D eigenvalue weighted by Gasteiger charge is -2.15. The summed E-state index contributed by atoms with van der Waals surface area (Å²) in [5.74, 6) is -0.124. The van der Waals surface area contributed by atoms with Gasteiger partial charge in [0.05, 0.1) is 17.9 Å². The van der Waals surface area contributed by atoms with Crippen molar-refractivity contribution in [1.82, 2.24) is 5.32 Å². The molecule has 0 aromatic heterocycles. The van der Waals surface area contributed by atoms with Crippen molar-refractivity contribution in [2.45, 2.75) is 20.3 Å². The van der Waals surface area contributed by atoms with Crippen LogP contribution in [-0.4, -0.2) is 12.5 Å². The van der Waals surface area contributed by atoms with Crippen molar-refractivity contribution < 1.29 is 4.79 Å². The normalized spacial score (nSPS) is 10.7. The molecule has 1 aromatic rings. The fourth-order valence-electron chi connectivity index (χ4n) is 1.24. The highest BCUT2D eigenvalue weighted by atomic mass is 35.5. The molecule has 4 heteroatoms. The highest BCUT2D eigenvalue weighted by Crippen LogP contribution is 2.15. The van der Waals surface area contributed by atoms with E-state index in [2.05, 4.69) is 11.4 Å². The first-order valence-corrected chi connectivity index (χ1v) is 5.74. The molecule has 0 aliphatic heterocycles. The van der Waals surface area contributed by atoms with Gasteiger partial charge in [0.1, 0.15) is 0 Å². The Hall–Kier alpha value is -1.53. The quantitative estimate of drug-likeness (QED) is 0.893. The number of hydrogen-bond donors (Lipinski definition) is 1. The van der Waals surface area contributed by atoms with Crippen LogP contribution in [0.25, 0.3) is 0 Å². The van der Waals surface area contributed by atoms with E-state index in [9.17, 15) is 4.79 Å². The number of carbonyl (C=O) groups excluding carboxylic acids is 1. The number of benzene rings is 1. The monoisotopic (exact) mass is 250 g/mol. The van der Waals surface area contributed by atoms with Gasteiger partial charge in [0.15, 0.2) is 0 Å². The van der Waals surface area contributed by atoms with Crippen LogP contribution in [0.1, 0.15) is 19.4 Å². The van der Waals surface area contributed by atoms with Gasteiger partial charge in [-0.2, -0.15) is 5.26 Å². The second-order valence-electron chi connectivity index (χ2n) is 4.54. The van der Waals surface area contributed by atoms with Crippen molar-refractivity contribution in [3.05, 3.63) is 34.9 Å². The van der Waals surface area contributed by atoms with E-state index in [1.165, 1.54) is 0 Å². The summed E-state index contributed by atoms with van der Waals surface area (Å²) >= 11 is 5.95. The zero-order valence-corrected chi connectivity index (χ0v) is 10.7. The lowest BCUT2D eigenvalue weighted by atomic mass is 9.96. The lowest BCUT2D eigenvalue weighted by Crippen LogP contribution is -2.34. The fourth-order valence-corrected chi connectivity index (χ4v) is 1.44. The first-order chi connectivity index (χ1) is 7.94. The maximum Gasteiger partial charge on any atom is 0.224 e. The Bertz CT molecular complexity index is 449. The molecule has 90 valence electrons. The molecule has 1 N–H and O–H groups in total. The number of rotatable bonds is 4. The molecular formula is C13H15ClN2O. The van der Waals surface area contributed by atoms with Gasteiger partial charge in [-0.1, -0.05) is 29.8 Å². The number of nitrogens with zero attached hydrogens (tertiary/aromatic N) is 1. The molecule has 1 aromatic carbocycles. The first kappa shape index (κ1) is 13.5. The van der Waals surface area contributed by atoms with Gasteiger partial charge in [0, 0.05) is 11.6 Å². The Balaban J connectivity index is 2.52. The lowest BCUT2D eigenvalue weighted by molar-refractivity contribution is -0.120. The number of halogens is 1. The van der Waals surface area contributed by atoms with Crippen LogP contribution in [0.4, 0.5) is 0 Å². The molecule has 0 fully saturated rings. The molecule has 0 spiro atoms. The van der Waals surface area contributed by atoms with Gasteiger partial charge in [-0.15, -0.1) is 0 Å². The number of carbonyl (C=O) groups is 1. The Morgan fingerprint density at radius 2 is 2.12 bits per heavy atom. The summed E-state index contributed by atoms with van der Waals surface area (Å²) in [6, 6.07) is 9.36. The van der Waals surface area contributed by atoms with Gasteiger partial charge in [-0.3, -0.25) is 4.79 Å². The van der Waals surface area contributed by atoms with Gasteiger partial charge in [0.25, 0.3) is 0 Å². The molecule has 0 saturated carbocycles. The molecule has 1 rings (SSSR count). The summed E-state index contributed by atoms with van der Waals surface area (Å²) in [6.45, 7) is 3.90.